The van der Waals surface area contributed by atoms with Gasteiger partial charge in [0.15, 0.2) is 12.4 Å². The molecule has 1 fully saturated rings. The number of Topliss-reactive ketones (excluding diaryl/α,β-unsaturated/α-hetero) is 1. The molecule has 0 aliphatic carbocycles. The van der Waals surface area contributed by atoms with Crippen molar-refractivity contribution < 1.29 is 27.5 Å². The van der Waals surface area contributed by atoms with Crippen molar-refractivity contribution in [3.8, 4) is 5.75 Å². The Kier molecular flexibility index (Phi) is 6.50. The van der Waals surface area contributed by atoms with Gasteiger partial charge in [-0.05, 0) is 37.3 Å². The zero-order valence-corrected chi connectivity index (χ0v) is 16.8. The van der Waals surface area contributed by atoms with Gasteiger partial charge in [-0.15, -0.1) is 0 Å². The van der Waals surface area contributed by atoms with E-state index in [2.05, 4.69) is 4.98 Å². The zero-order valence-electron chi connectivity index (χ0n) is 16.1. The lowest BCUT2D eigenvalue weighted by molar-refractivity contribution is -0.138. The number of hydrogen-bond donors (Lipinski definition) is 0. The number of halogens is 4. The van der Waals surface area contributed by atoms with E-state index >= 15 is 0 Å². The molecule has 1 aromatic carbocycles. The third kappa shape index (κ3) is 5.21. The molecule has 0 bridgehead atoms. The maximum absolute atomic E-state index is 12.7. The van der Waals surface area contributed by atoms with Gasteiger partial charge < -0.3 is 14.5 Å². The maximum Gasteiger partial charge on any atom is 0.417 e. The highest BCUT2D eigenvalue weighted by Gasteiger charge is 2.32. The summed E-state index contributed by atoms with van der Waals surface area (Å²) >= 11 is 5.99. The van der Waals surface area contributed by atoms with Crippen molar-refractivity contribution in [3.05, 3.63) is 52.7 Å². The summed E-state index contributed by atoms with van der Waals surface area (Å²) < 4.78 is 43.7. The lowest BCUT2D eigenvalue weighted by Crippen LogP contribution is -2.50. The molecule has 1 aliphatic rings. The molecular weight excluding hydrogens is 423 g/mol. The first-order valence-electron chi connectivity index (χ1n) is 9.14. The van der Waals surface area contributed by atoms with Crippen LogP contribution >= 0.6 is 11.6 Å². The van der Waals surface area contributed by atoms with E-state index in [1.165, 1.54) is 6.92 Å². The maximum atomic E-state index is 12.7. The molecule has 0 saturated carbocycles. The van der Waals surface area contributed by atoms with Crippen LogP contribution in [0.5, 0.6) is 5.75 Å². The number of carbonyl (C=O) groups is 2. The number of ketones is 1. The summed E-state index contributed by atoms with van der Waals surface area (Å²) in [7, 11) is 0. The van der Waals surface area contributed by atoms with E-state index in [1.807, 2.05) is 0 Å². The highest BCUT2D eigenvalue weighted by molar-refractivity contribution is 6.33. The van der Waals surface area contributed by atoms with Crippen molar-refractivity contribution in [2.24, 2.45) is 0 Å². The first-order valence-corrected chi connectivity index (χ1v) is 9.52. The van der Waals surface area contributed by atoms with Gasteiger partial charge in [0.25, 0.3) is 5.91 Å². The number of ether oxygens (including phenoxy) is 1. The molecule has 1 saturated heterocycles. The number of nitrogens with zero attached hydrogens (tertiary/aromatic N) is 3. The van der Waals surface area contributed by atoms with Crippen molar-refractivity contribution in [1.29, 1.82) is 0 Å². The number of carbonyl (C=O) groups excluding carboxylic acids is 2. The van der Waals surface area contributed by atoms with Crippen LogP contribution in [0.3, 0.4) is 0 Å². The van der Waals surface area contributed by atoms with Gasteiger partial charge in [-0.2, -0.15) is 13.2 Å². The predicted octanol–water partition coefficient (Wildman–Crippen LogP) is 3.68. The molecule has 0 radical (unpaired) electrons. The minimum atomic E-state index is -4.51. The van der Waals surface area contributed by atoms with Crippen molar-refractivity contribution in [3.63, 3.8) is 0 Å². The van der Waals surface area contributed by atoms with Gasteiger partial charge in [-0.3, -0.25) is 9.59 Å². The average molecular weight is 442 g/mol. The summed E-state index contributed by atoms with van der Waals surface area (Å²) in [6.07, 6.45) is -3.75. The number of benzene rings is 1. The Labute approximate surface area is 176 Å². The third-order valence-corrected chi connectivity index (χ3v) is 4.98. The standard InChI is InChI=1S/C20H19ClF3N3O3/c1-13(28)14-2-4-16(5-3-14)30-12-18(29)26-6-8-27(9-7-26)19-17(21)10-15(11-25-19)20(22,23)24/h2-5,10-11H,6-9,12H2,1H3. The predicted molar refractivity (Wildman–Crippen MR) is 105 cm³/mol. The number of pyridine rings is 1. The highest BCUT2D eigenvalue weighted by Crippen LogP contribution is 2.33. The van der Waals surface area contributed by atoms with Crippen LogP contribution in [-0.2, 0) is 11.0 Å². The molecule has 0 atom stereocenters. The minimum absolute atomic E-state index is 0.0573. The molecule has 30 heavy (non-hydrogen) atoms. The lowest BCUT2D eigenvalue weighted by atomic mass is 10.1. The summed E-state index contributed by atoms with van der Waals surface area (Å²) in [4.78, 5) is 30.9. The number of anilines is 1. The van der Waals surface area contributed by atoms with Crippen LogP contribution in [-0.4, -0.2) is 54.4 Å². The molecule has 2 heterocycles. The molecule has 160 valence electrons. The number of aromatic nitrogens is 1. The summed E-state index contributed by atoms with van der Waals surface area (Å²) in [6, 6.07) is 7.36. The molecule has 0 unspecified atom stereocenters. The second-order valence-electron chi connectivity index (χ2n) is 6.76. The molecule has 3 rings (SSSR count). The van der Waals surface area contributed by atoms with Gasteiger partial charge in [0, 0.05) is 37.9 Å². The monoisotopic (exact) mass is 441 g/mol. The van der Waals surface area contributed by atoms with E-state index in [9.17, 15) is 22.8 Å². The lowest BCUT2D eigenvalue weighted by Gasteiger charge is -2.35. The fourth-order valence-electron chi connectivity index (χ4n) is 3.01. The summed E-state index contributed by atoms with van der Waals surface area (Å²) in [5, 5.41) is -0.0815. The van der Waals surface area contributed by atoms with E-state index in [-0.39, 0.29) is 29.1 Å². The fourth-order valence-corrected chi connectivity index (χ4v) is 3.29. The Morgan fingerprint density at radius 2 is 1.77 bits per heavy atom. The zero-order chi connectivity index (χ0) is 21.9. The Morgan fingerprint density at radius 1 is 1.13 bits per heavy atom. The molecular formula is C20H19ClF3N3O3. The topological polar surface area (TPSA) is 62.7 Å². The van der Waals surface area contributed by atoms with Gasteiger partial charge in [-0.25, -0.2) is 4.98 Å². The number of alkyl halides is 3. The molecule has 1 amide bonds. The van der Waals surface area contributed by atoms with Crippen LogP contribution in [0.4, 0.5) is 19.0 Å². The van der Waals surface area contributed by atoms with Gasteiger partial charge in [0.05, 0.1) is 10.6 Å². The molecule has 1 aromatic heterocycles. The normalized spacial score (nSPS) is 14.6. The van der Waals surface area contributed by atoms with Gasteiger partial charge >= 0.3 is 6.18 Å². The third-order valence-electron chi connectivity index (χ3n) is 4.70. The quantitative estimate of drug-likeness (QED) is 0.662. The second-order valence-corrected chi connectivity index (χ2v) is 7.17. The van der Waals surface area contributed by atoms with E-state index in [0.717, 1.165) is 12.3 Å². The Hall–Kier alpha value is -2.81. The van der Waals surface area contributed by atoms with Crippen LogP contribution in [0.2, 0.25) is 5.02 Å². The van der Waals surface area contributed by atoms with Crippen LogP contribution in [0.25, 0.3) is 0 Å². The van der Waals surface area contributed by atoms with E-state index in [4.69, 9.17) is 16.3 Å². The van der Waals surface area contributed by atoms with E-state index < -0.39 is 11.7 Å². The van der Waals surface area contributed by atoms with E-state index in [0.29, 0.717) is 37.5 Å². The molecule has 0 N–H and O–H groups in total. The molecule has 6 nitrogen and oxygen atoms in total. The molecule has 0 spiro atoms. The van der Waals surface area contributed by atoms with Gasteiger partial charge in [-0.1, -0.05) is 11.6 Å². The fraction of sp³-hybridized carbons (Fsp3) is 0.350. The second kappa shape index (κ2) is 8.91. The van der Waals surface area contributed by atoms with Crippen LogP contribution in [0.15, 0.2) is 36.5 Å². The molecule has 10 heteroatoms. The SMILES string of the molecule is CC(=O)c1ccc(OCC(=O)N2CCN(c3ncc(C(F)(F)F)cc3Cl)CC2)cc1. The number of amides is 1. The van der Waals surface area contributed by atoms with Crippen LogP contribution in [0.1, 0.15) is 22.8 Å². The smallest absolute Gasteiger partial charge is 0.417 e. The highest BCUT2D eigenvalue weighted by atomic mass is 35.5. The summed E-state index contributed by atoms with van der Waals surface area (Å²) in [6.45, 7) is 2.81. The van der Waals surface area contributed by atoms with Crippen LogP contribution in [0, 0.1) is 0 Å². The minimum Gasteiger partial charge on any atom is -0.484 e. The first kappa shape index (κ1) is 21.9. The summed E-state index contributed by atoms with van der Waals surface area (Å²) in [5.41, 5.74) is -0.348. The van der Waals surface area contributed by atoms with Crippen molar-refractivity contribution >= 4 is 29.1 Å². The Balaban J connectivity index is 1.52. The Morgan fingerprint density at radius 3 is 2.30 bits per heavy atom. The number of piperazine rings is 1. The van der Waals surface area contributed by atoms with E-state index in [1.54, 1.807) is 34.1 Å². The molecule has 1 aliphatic heterocycles. The van der Waals surface area contributed by atoms with Crippen molar-refractivity contribution in [2.75, 3.05) is 37.7 Å². The van der Waals surface area contributed by atoms with Crippen molar-refractivity contribution in [1.82, 2.24) is 9.88 Å². The largest absolute Gasteiger partial charge is 0.484 e. The summed E-state index contributed by atoms with van der Waals surface area (Å²) in [5.74, 6) is 0.473. The van der Waals surface area contributed by atoms with Gasteiger partial charge in [0.2, 0.25) is 0 Å². The van der Waals surface area contributed by atoms with Gasteiger partial charge in [0.1, 0.15) is 11.6 Å². The average Bonchev–Trinajstić information content (AvgIpc) is 2.71. The number of rotatable bonds is 5. The van der Waals surface area contributed by atoms with Crippen molar-refractivity contribution in [2.45, 2.75) is 13.1 Å². The Bertz CT molecular complexity index is 927. The number of hydrogen-bond acceptors (Lipinski definition) is 5. The molecule has 2 aromatic rings. The van der Waals surface area contributed by atoms with Crippen LogP contribution < -0.4 is 9.64 Å². The first-order chi connectivity index (χ1) is 14.1.